The van der Waals surface area contributed by atoms with Crippen LogP contribution >= 0.6 is 0 Å². The highest BCUT2D eigenvalue weighted by molar-refractivity contribution is 7.92. The third-order valence-corrected chi connectivity index (χ3v) is 3.87. The van der Waals surface area contributed by atoms with Gasteiger partial charge in [0.25, 0.3) is 15.7 Å². The smallest absolute Gasteiger partial charge is 0.270 e. The van der Waals surface area contributed by atoms with Crippen LogP contribution in [-0.4, -0.2) is 18.3 Å². The molecule has 2 rings (SSSR count). The number of pyridine rings is 1. The zero-order chi connectivity index (χ0) is 15.6. The van der Waals surface area contributed by atoms with E-state index in [4.69, 9.17) is 5.73 Å². The topological polar surface area (TPSA) is 128 Å². The SMILES string of the molecule is Nc1ccc([N+](=O)[O-])cc1S(=O)(=O)Nc1ccc(F)cn1. The number of nitrogens with one attached hydrogen (secondary N) is 1. The van der Waals surface area contributed by atoms with Crippen molar-refractivity contribution >= 4 is 27.2 Å². The molecule has 1 aromatic carbocycles. The predicted molar refractivity (Wildman–Crippen MR) is 72.5 cm³/mol. The molecule has 1 aromatic heterocycles. The Morgan fingerprint density at radius 3 is 2.57 bits per heavy atom. The van der Waals surface area contributed by atoms with Gasteiger partial charge in [0, 0.05) is 12.1 Å². The number of nitro groups is 1. The lowest BCUT2D eigenvalue weighted by Gasteiger charge is -2.09. The van der Waals surface area contributed by atoms with Crippen molar-refractivity contribution in [1.82, 2.24) is 4.98 Å². The molecular formula is C11H9FN4O4S. The van der Waals surface area contributed by atoms with Crippen LogP contribution in [0.2, 0.25) is 0 Å². The van der Waals surface area contributed by atoms with Crippen LogP contribution in [0.4, 0.5) is 21.6 Å². The number of halogens is 1. The second-order valence-electron chi connectivity index (χ2n) is 3.95. The molecule has 3 N–H and O–H groups in total. The van der Waals surface area contributed by atoms with Crippen LogP contribution in [0.15, 0.2) is 41.4 Å². The molecule has 0 amide bonds. The average molecular weight is 312 g/mol. The summed E-state index contributed by atoms with van der Waals surface area (Å²) in [5.41, 5.74) is 4.95. The normalized spacial score (nSPS) is 11.1. The van der Waals surface area contributed by atoms with Crippen molar-refractivity contribution in [3.05, 3.63) is 52.5 Å². The van der Waals surface area contributed by atoms with E-state index in [9.17, 15) is 22.9 Å². The van der Waals surface area contributed by atoms with Gasteiger partial charge < -0.3 is 5.73 Å². The second kappa shape index (κ2) is 5.32. The van der Waals surface area contributed by atoms with E-state index in [0.717, 1.165) is 36.5 Å². The summed E-state index contributed by atoms with van der Waals surface area (Å²) in [7, 11) is -4.18. The molecule has 0 saturated heterocycles. The van der Waals surface area contributed by atoms with Crippen LogP contribution in [-0.2, 0) is 10.0 Å². The number of nitrogens with two attached hydrogens (primary N) is 1. The Hall–Kier alpha value is -2.75. The third kappa shape index (κ3) is 3.23. The molecule has 0 aliphatic heterocycles. The monoisotopic (exact) mass is 312 g/mol. The number of rotatable bonds is 4. The lowest BCUT2D eigenvalue weighted by molar-refractivity contribution is -0.385. The minimum atomic E-state index is -4.18. The van der Waals surface area contributed by atoms with Gasteiger partial charge in [-0.05, 0) is 18.2 Å². The standard InChI is InChI=1S/C11H9FN4O4S/c12-7-1-4-11(14-6-7)15-21(19,20)10-5-8(16(17)18)2-3-9(10)13/h1-6H,13H2,(H,14,15). The van der Waals surface area contributed by atoms with E-state index in [1.165, 1.54) is 0 Å². The van der Waals surface area contributed by atoms with Gasteiger partial charge in [0.2, 0.25) is 0 Å². The molecule has 21 heavy (non-hydrogen) atoms. The number of anilines is 2. The van der Waals surface area contributed by atoms with Gasteiger partial charge in [0.05, 0.1) is 16.8 Å². The lowest BCUT2D eigenvalue weighted by Crippen LogP contribution is -2.16. The number of benzene rings is 1. The van der Waals surface area contributed by atoms with Crippen molar-refractivity contribution < 1.29 is 17.7 Å². The van der Waals surface area contributed by atoms with Crippen molar-refractivity contribution in [2.75, 3.05) is 10.5 Å². The molecule has 0 aliphatic rings. The van der Waals surface area contributed by atoms with Crippen LogP contribution < -0.4 is 10.5 Å². The van der Waals surface area contributed by atoms with Gasteiger partial charge in [0.1, 0.15) is 16.5 Å². The first-order valence-corrected chi connectivity index (χ1v) is 6.96. The summed E-state index contributed by atoms with van der Waals surface area (Å²) in [6, 6.07) is 5.17. The summed E-state index contributed by atoms with van der Waals surface area (Å²) in [4.78, 5) is 13.0. The Labute approximate surface area is 118 Å². The van der Waals surface area contributed by atoms with Crippen LogP contribution in [0.25, 0.3) is 0 Å². The van der Waals surface area contributed by atoms with E-state index < -0.39 is 31.3 Å². The minimum absolute atomic E-state index is 0.137. The fourth-order valence-corrected chi connectivity index (χ4v) is 2.66. The summed E-state index contributed by atoms with van der Waals surface area (Å²) in [5.74, 6) is -0.768. The molecule has 0 saturated carbocycles. The van der Waals surface area contributed by atoms with Gasteiger partial charge in [-0.1, -0.05) is 0 Å². The van der Waals surface area contributed by atoms with Crippen molar-refractivity contribution in [2.24, 2.45) is 0 Å². The Bertz CT molecular complexity index is 792. The maximum absolute atomic E-state index is 12.7. The third-order valence-electron chi connectivity index (χ3n) is 2.46. The van der Waals surface area contributed by atoms with E-state index in [0.29, 0.717) is 0 Å². The van der Waals surface area contributed by atoms with Crippen LogP contribution in [0.3, 0.4) is 0 Å². The highest BCUT2D eigenvalue weighted by atomic mass is 32.2. The maximum Gasteiger partial charge on any atom is 0.270 e. The Morgan fingerprint density at radius 1 is 1.29 bits per heavy atom. The Kier molecular flexibility index (Phi) is 3.72. The van der Waals surface area contributed by atoms with Gasteiger partial charge in [-0.2, -0.15) is 0 Å². The lowest BCUT2D eigenvalue weighted by atomic mass is 10.3. The predicted octanol–water partition coefficient (Wildman–Crippen LogP) is 1.51. The number of nitrogens with zero attached hydrogens (tertiary/aromatic N) is 2. The molecule has 0 bridgehead atoms. The molecule has 0 atom stereocenters. The van der Waals surface area contributed by atoms with Gasteiger partial charge in [-0.25, -0.2) is 17.8 Å². The number of sulfonamides is 1. The van der Waals surface area contributed by atoms with Gasteiger partial charge in [-0.3, -0.25) is 14.8 Å². The summed E-state index contributed by atoms with van der Waals surface area (Å²) >= 11 is 0. The maximum atomic E-state index is 12.7. The summed E-state index contributed by atoms with van der Waals surface area (Å²) in [6.07, 6.45) is 0.828. The minimum Gasteiger partial charge on any atom is -0.398 e. The Balaban J connectivity index is 2.41. The quantitative estimate of drug-likeness (QED) is 0.500. The van der Waals surface area contributed by atoms with Crippen molar-refractivity contribution in [2.45, 2.75) is 4.90 Å². The Morgan fingerprint density at radius 2 is 2.00 bits per heavy atom. The van der Waals surface area contributed by atoms with Crippen LogP contribution in [0, 0.1) is 15.9 Å². The van der Waals surface area contributed by atoms with E-state index >= 15 is 0 Å². The molecular weight excluding hydrogens is 303 g/mol. The molecule has 0 aliphatic carbocycles. The highest BCUT2D eigenvalue weighted by Gasteiger charge is 2.21. The van der Waals surface area contributed by atoms with Crippen molar-refractivity contribution in [1.29, 1.82) is 0 Å². The average Bonchev–Trinajstić information content (AvgIpc) is 2.41. The van der Waals surface area contributed by atoms with Crippen molar-refractivity contribution in [3.63, 3.8) is 0 Å². The largest absolute Gasteiger partial charge is 0.398 e. The summed E-state index contributed by atoms with van der Waals surface area (Å²) in [6.45, 7) is 0. The highest BCUT2D eigenvalue weighted by Crippen LogP contribution is 2.25. The zero-order valence-corrected chi connectivity index (χ0v) is 11.2. The molecule has 0 spiro atoms. The molecule has 110 valence electrons. The fourth-order valence-electron chi connectivity index (χ4n) is 1.50. The number of hydrogen-bond acceptors (Lipinski definition) is 6. The first kappa shape index (κ1) is 14.7. The number of nitrogen functional groups attached to an aromatic ring is 1. The number of hydrogen-bond donors (Lipinski definition) is 2. The van der Waals surface area contributed by atoms with Crippen LogP contribution in [0.1, 0.15) is 0 Å². The second-order valence-corrected chi connectivity index (χ2v) is 5.60. The number of nitro benzene ring substituents is 1. The van der Waals surface area contributed by atoms with Gasteiger partial charge >= 0.3 is 0 Å². The van der Waals surface area contributed by atoms with Crippen molar-refractivity contribution in [3.8, 4) is 0 Å². The molecule has 0 radical (unpaired) electrons. The van der Waals surface area contributed by atoms with E-state index in [1.807, 2.05) is 0 Å². The molecule has 2 aromatic rings. The molecule has 0 fully saturated rings. The van der Waals surface area contributed by atoms with Gasteiger partial charge in [-0.15, -0.1) is 0 Å². The van der Waals surface area contributed by atoms with E-state index in [1.54, 1.807) is 0 Å². The number of non-ortho nitro benzene ring substituents is 1. The van der Waals surface area contributed by atoms with E-state index in [-0.39, 0.29) is 11.5 Å². The van der Waals surface area contributed by atoms with Gasteiger partial charge in [0.15, 0.2) is 0 Å². The molecule has 8 nitrogen and oxygen atoms in total. The first-order valence-electron chi connectivity index (χ1n) is 5.48. The molecule has 0 unspecified atom stereocenters. The summed E-state index contributed by atoms with van der Waals surface area (Å²) < 4.78 is 39.0. The summed E-state index contributed by atoms with van der Waals surface area (Å²) in [5, 5.41) is 10.7. The molecule has 1 heterocycles. The zero-order valence-electron chi connectivity index (χ0n) is 10.4. The van der Waals surface area contributed by atoms with E-state index in [2.05, 4.69) is 9.71 Å². The first-order chi connectivity index (χ1) is 9.79. The number of aromatic nitrogens is 1. The van der Waals surface area contributed by atoms with Crippen LogP contribution in [0.5, 0.6) is 0 Å². The fraction of sp³-hybridized carbons (Fsp3) is 0. The molecule has 10 heteroatoms.